The molecule has 0 aliphatic carbocycles. The van der Waals surface area contributed by atoms with Crippen LogP contribution < -0.4 is 0 Å². The molecule has 0 saturated carbocycles. The summed E-state index contributed by atoms with van der Waals surface area (Å²) in [4.78, 5) is 4.57. The predicted octanol–water partition coefficient (Wildman–Crippen LogP) is 5.20. The summed E-state index contributed by atoms with van der Waals surface area (Å²) in [5, 5.41) is 2.44. The minimum Gasteiger partial charge on any atom is -0.256 e. The Bertz CT molecular complexity index is 734. The van der Waals surface area contributed by atoms with Crippen molar-refractivity contribution in [3.63, 3.8) is 0 Å². The van der Waals surface area contributed by atoms with Crippen LogP contribution in [0, 0.1) is 0 Å². The smallest absolute Gasteiger partial charge is 0.0780 e. The quantitative estimate of drug-likeness (QED) is 0.562. The summed E-state index contributed by atoms with van der Waals surface area (Å²) in [6, 6.07) is 19.2. The van der Waals surface area contributed by atoms with Gasteiger partial charge in [0, 0.05) is 34.2 Å². The second-order valence-corrected chi connectivity index (χ2v) is 6.21. The summed E-state index contributed by atoms with van der Waals surface area (Å²) < 4.78 is 0. The molecule has 1 aromatic heterocycles. The van der Waals surface area contributed by atoms with E-state index in [9.17, 15) is 0 Å². The minimum atomic E-state index is 0. The van der Waals surface area contributed by atoms with Crippen LogP contribution in [0.2, 0.25) is 0 Å². The van der Waals surface area contributed by atoms with Gasteiger partial charge < -0.3 is 0 Å². The van der Waals surface area contributed by atoms with Gasteiger partial charge in [0.2, 0.25) is 0 Å². The first-order valence-electron chi connectivity index (χ1n) is 7.00. The minimum absolute atomic E-state index is 0. The fourth-order valence-corrected chi connectivity index (χ4v) is 2.48. The molecule has 0 bridgehead atoms. The van der Waals surface area contributed by atoms with Crippen LogP contribution in [0.4, 0.5) is 0 Å². The van der Waals surface area contributed by atoms with E-state index in [1.165, 1.54) is 21.9 Å². The third-order valence-corrected chi connectivity index (χ3v) is 3.70. The van der Waals surface area contributed by atoms with Gasteiger partial charge >= 0.3 is 0 Å². The summed E-state index contributed by atoms with van der Waals surface area (Å²) in [6.45, 7) is 6.70. The molecule has 3 rings (SSSR count). The zero-order valence-electron chi connectivity index (χ0n) is 12.6. The summed E-state index contributed by atoms with van der Waals surface area (Å²) in [7, 11) is 0. The first-order chi connectivity index (χ1) is 9.55. The van der Waals surface area contributed by atoms with Gasteiger partial charge in [0.15, 0.2) is 0 Å². The van der Waals surface area contributed by atoms with Crippen LogP contribution in [0.3, 0.4) is 0 Å². The van der Waals surface area contributed by atoms with Crippen molar-refractivity contribution in [2.45, 2.75) is 26.2 Å². The molecule has 0 atom stereocenters. The van der Waals surface area contributed by atoms with Crippen LogP contribution in [0.1, 0.15) is 26.3 Å². The Morgan fingerprint density at radius 2 is 1.48 bits per heavy atom. The maximum absolute atomic E-state index is 4.57. The molecule has 21 heavy (non-hydrogen) atoms. The van der Waals surface area contributed by atoms with Gasteiger partial charge in [-0.05, 0) is 22.4 Å². The average Bonchev–Trinajstić information content (AvgIpc) is 2.46. The van der Waals surface area contributed by atoms with Crippen LogP contribution in [0.5, 0.6) is 0 Å². The Kier molecular flexibility index (Phi) is 4.51. The Hall–Kier alpha value is -1.63. The average molecular weight is 317 g/mol. The fraction of sp³-hybridized carbons (Fsp3) is 0.211. The van der Waals surface area contributed by atoms with Crippen molar-refractivity contribution in [1.82, 2.24) is 4.98 Å². The second-order valence-electron chi connectivity index (χ2n) is 6.21. The van der Waals surface area contributed by atoms with E-state index in [1.54, 1.807) is 0 Å². The molecule has 2 heteroatoms. The van der Waals surface area contributed by atoms with E-state index in [-0.39, 0.29) is 22.5 Å². The van der Waals surface area contributed by atoms with Crippen LogP contribution in [-0.2, 0) is 22.5 Å². The number of hydrogen-bond acceptors (Lipinski definition) is 1. The van der Waals surface area contributed by atoms with Crippen molar-refractivity contribution in [2.24, 2.45) is 0 Å². The molecule has 3 aromatic rings. The third kappa shape index (κ3) is 3.18. The first-order valence-corrected chi connectivity index (χ1v) is 7.00. The van der Waals surface area contributed by atoms with Gasteiger partial charge in [-0.25, -0.2) is 0 Å². The van der Waals surface area contributed by atoms with Gasteiger partial charge in [0.1, 0.15) is 0 Å². The zero-order chi connectivity index (χ0) is 14.2. The molecule has 0 amide bonds. The SMILES string of the molecule is CC(C)(C)c1ccc(-c2nccc3ccccc23)cc1.[Fe]. The number of nitrogens with zero attached hydrogens (tertiary/aromatic N) is 1. The summed E-state index contributed by atoms with van der Waals surface area (Å²) in [5.41, 5.74) is 3.77. The van der Waals surface area contributed by atoms with Crippen molar-refractivity contribution in [3.05, 3.63) is 66.4 Å². The number of benzene rings is 2. The van der Waals surface area contributed by atoms with Gasteiger partial charge in [-0.1, -0.05) is 69.3 Å². The monoisotopic (exact) mass is 317 g/mol. The Morgan fingerprint density at radius 1 is 0.810 bits per heavy atom. The van der Waals surface area contributed by atoms with E-state index in [0.29, 0.717) is 0 Å². The second kappa shape index (κ2) is 6.01. The number of aromatic nitrogens is 1. The molecule has 0 spiro atoms. The number of rotatable bonds is 1. The molecule has 2 aromatic carbocycles. The Labute approximate surface area is 136 Å². The maximum Gasteiger partial charge on any atom is 0.0780 e. The van der Waals surface area contributed by atoms with Crippen LogP contribution >= 0.6 is 0 Å². The van der Waals surface area contributed by atoms with Crippen molar-refractivity contribution in [3.8, 4) is 11.3 Å². The molecule has 108 valence electrons. The van der Waals surface area contributed by atoms with Gasteiger partial charge in [-0.15, -0.1) is 0 Å². The molecule has 0 radical (unpaired) electrons. The molecule has 0 saturated heterocycles. The molecule has 1 heterocycles. The van der Waals surface area contributed by atoms with Gasteiger partial charge in [-0.2, -0.15) is 0 Å². The van der Waals surface area contributed by atoms with E-state index >= 15 is 0 Å². The van der Waals surface area contributed by atoms with E-state index in [0.717, 1.165) is 5.69 Å². The van der Waals surface area contributed by atoms with Crippen LogP contribution in [-0.4, -0.2) is 4.98 Å². The fourth-order valence-electron chi connectivity index (χ4n) is 2.48. The molecule has 1 nitrogen and oxygen atoms in total. The maximum atomic E-state index is 4.57. The van der Waals surface area contributed by atoms with Gasteiger partial charge in [0.05, 0.1) is 5.69 Å². The summed E-state index contributed by atoms with van der Waals surface area (Å²) >= 11 is 0. The van der Waals surface area contributed by atoms with E-state index in [2.05, 4.69) is 80.4 Å². The molecule has 0 unspecified atom stereocenters. The van der Waals surface area contributed by atoms with E-state index < -0.39 is 0 Å². The van der Waals surface area contributed by atoms with E-state index in [1.807, 2.05) is 6.20 Å². The van der Waals surface area contributed by atoms with Crippen molar-refractivity contribution in [1.29, 1.82) is 0 Å². The third-order valence-electron chi connectivity index (χ3n) is 3.70. The molecule has 0 aliphatic heterocycles. The zero-order valence-corrected chi connectivity index (χ0v) is 13.7. The standard InChI is InChI=1S/C19H19N.Fe/c1-19(2,3)16-10-8-15(9-11-16)18-17-7-5-4-6-14(17)12-13-20-18;/h4-13H,1-3H3;. The van der Waals surface area contributed by atoms with Crippen molar-refractivity contribution >= 4 is 10.8 Å². The molecule has 0 N–H and O–H groups in total. The molecular formula is C19H19FeN. The topological polar surface area (TPSA) is 12.9 Å². The van der Waals surface area contributed by atoms with Crippen molar-refractivity contribution in [2.75, 3.05) is 0 Å². The number of hydrogen-bond donors (Lipinski definition) is 0. The first kappa shape index (κ1) is 15.8. The molecular weight excluding hydrogens is 298 g/mol. The predicted molar refractivity (Wildman–Crippen MR) is 85.9 cm³/mol. The number of pyridine rings is 1. The Balaban J connectivity index is 0.00000161. The Morgan fingerprint density at radius 3 is 2.14 bits per heavy atom. The molecule has 0 aliphatic rings. The largest absolute Gasteiger partial charge is 0.256 e. The van der Waals surface area contributed by atoms with Crippen molar-refractivity contribution < 1.29 is 17.1 Å². The van der Waals surface area contributed by atoms with E-state index in [4.69, 9.17) is 0 Å². The normalized spacial score (nSPS) is 11.2. The summed E-state index contributed by atoms with van der Waals surface area (Å²) in [6.07, 6.45) is 1.88. The van der Waals surface area contributed by atoms with Gasteiger partial charge in [-0.3, -0.25) is 4.98 Å². The van der Waals surface area contributed by atoms with Gasteiger partial charge in [0.25, 0.3) is 0 Å². The summed E-state index contributed by atoms with van der Waals surface area (Å²) in [5.74, 6) is 0. The molecule has 0 fully saturated rings. The van der Waals surface area contributed by atoms with Crippen LogP contribution in [0.15, 0.2) is 60.8 Å². The number of fused-ring (bicyclic) bond motifs is 1. The van der Waals surface area contributed by atoms with Crippen LogP contribution in [0.25, 0.3) is 22.0 Å².